The first-order valence-electron chi connectivity index (χ1n) is 5.85. The van der Waals surface area contributed by atoms with Gasteiger partial charge in [0.1, 0.15) is 0 Å². The Morgan fingerprint density at radius 2 is 1.77 bits per heavy atom. The molecule has 0 nitrogen and oxygen atoms in total. The third-order valence-electron chi connectivity index (χ3n) is 3.86. The van der Waals surface area contributed by atoms with Crippen LogP contribution in [0.2, 0.25) is 0 Å². The first-order chi connectivity index (χ1) is 6.17. The Kier molecular flexibility index (Phi) is 2.49. The van der Waals surface area contributed by atoms with E-state index in [0.29, 0.717) is 5.41 Å². The van der Waals surface area contributed by atoms with Gasteiger partial charge in [0.25, 0.3) is 0 Å². The monoisotopic (exact) mass is 178 g/mol. The van der Waals surface area contributed by atoms with Gasteiger partial charge in [0.15, 0.2) is 0 Å². The van der Waals surface area contributed by atoms with E-state index in [9.17, 15) is 0 Å². The van der Waals surface area contributed by atoms with Crippen LogP contribution in [-0.2, 0) is 0 Å². The normalized spacial score (nSPS) is 38.0. The summed E-state index contributed by atoms with van der Waals surface area (Å²) >= 11 is 0. The average molecular weight is 178 g/mol. The summed E-state index contributed by atoms with van der Waals surface area (Å²) in [5.74, 6) is 2.05. The van der Waals surface area contributed by atoms with Crippen LogP contribution < -0.4 is 0 Å². The zero-order valence-corrected chi connectivity index (χ0v) is 9.05. The number of fused-ring (bicyclic) bond motifs is 1. The molecule has 1 saturated carbocycles. The van der Waals surface area contributed by atoms with Crippen molar-refractivity contribution in [2.45, 2.75) is 52.4 Å². The molecule has 0 aromatic carbocycles. The molecule has 0 amide bonds. The Hall–Kier alpha value is -0.260. The van der Waals surface area contributed by atoms with Crippen molar-refractivity contribution in [3.05, 3.63) is 12.2 Å². The van der Waals surface area contributed by atoms with Crippen LogP contribution in [0, 0.1) is 17.3 Å². The second kappa shape index (κ2) is 3.48. The number of hydrogen-bond donors (Lipinski definition) is 0. The predicted molar refractivity (Wildman–Crippen MR) is 57.6 cm³/mol. The molecule has 0 N–H and O–H groups in total. The molecule has 2 aliphatic carbocycles. The van der Waals surface area contributed by atoms with Crippen LogP contribution in [0.15, 0.2) is 12.2 Å². The molecule has 0 saturated heterocycles. The Morgan fingerprint density at radius 3 is 2.54 bits per heavy atom. The van der Waals surface area contributed by atoms with Crippen LogP contribution in [0.3, 0.4) is 0 Å². The van der Waals surface area contributed by atoms with E-state index in [2.05, 4.69) is 26.0 Å². The van der Waals surface area contributed by atoms with Crippen molar-refractivity contribution >= 4 is 0 Å². The lowest BCUT2D eigenvalue weighted by Crippen LogP contribution is -2.22. The summed E-state index contributed by atoms with van der Waals surface area (Å²) < 4.78 is 0. The van der Waals surface area contributed by atoms with E-state index in [0.717, 1.165) is 11.8 Å². The lowest BCUT2D eigenvalue weighted by Gasteiger charge is -2.33. The molecule has 0 aromatic rings. The van der Waals surface area contributed by atoms with Gasteiger partial charge in [-0.15, -0.1) is 0 Å². The highest BCUT2D eigenvalue weighted by molar-refractivity contribution is 5.01. The number of hydrogen-bond acceptors (Lipinski definition) is 0. The van der Waals surface area contributed by atoms with Gasteiger partial charge in [-0.25, -0.2) is 0 Å². The fourth-order valence-electron chi connectivity index (χ4n) is 3.17. The van der Waals surface area contributed by atoms with Crippen LogP contribution in [-0.4, -0.2) is 0 Å². The zero-order chi connectivity index (χ0) is 9.31. The summed E-state index contributed by atoms with van der Waals surface area (Å²) in [5.41, 5.74) is 0.469. The SMILES string of the molecule is CC1(C)C=CCC2CCCCC2C1. The summed E-state index contributed by atoms with van der Waals surface area (Å²) in [6, 6.07) is 0. The molecule has 74 valence electrons. The Balaban J connectivity index is 2.08. The van der Waals surface area contributed by atoms with E-state index in [1.165, 1.54) is 38.5 Å². The van der Waals surface area contributed by atoms with Crippen LogP contribution in [0.5, 0.6) is 0 Å². The van der Waals surface area contributed by atoms with E-state index in [1.807, 2.05) is 0 Å². The highest BCUT2D eigenvalue weighted by Crippen LogP contribution is 2.42. The van der Waals surface area contributed by atoms with Gasteiger partial charge in [0.05, 0.1) is 0 Å². The fraction of sp³-hybridized carbons (Fsp3) is 0.846. The van der Waals surface area contributed by atoms with Gasteiger partial charge in [-0.2, -0.15) is 0 Å². The first kappa shape index (κ1) is 9.30. The largest absolute Gasteiger partial charge is 0.0877 e. The van der Waals surface area contributed by atoms with Gasteiger partial charge in [-0.3, -0.25) is 0 Å². The molecule has 2 aliphatic rings. The quantitative estimate of drug-likeness (QED) is 0.488. The standard InChI is InChI=1S/C13H22/c1-13(2)9-5-8-11-6-3-4-7-12(11)10-13/h5,9,11-12H,3-4,6-8,10H2,1-2H3. The topological polar surface area (TPSA) is 0 Å². The smallest absolute Gasteiger partial charge is 0.0172 e. The first-order valence-corrected chi connectivity index (χ1v) is 5.85. The maximum Gasteiger partial charge on any atom is -0.0172 e. The van der Waals surface area contributed by atoms with Crippen LogP contribution in [0.4, 0.5) is 0 Å². The lowest BCUT2D eigenvalue weighted by atomic mass is 9.72. The van der Waals surface area contributed by atoms with E-state index in [4.69, 9.17) is 0 Å². The lowest BCUT2D eigenvalue weighted by molar-refractivity contribution is 0.191. The average Bonchev–Trinajstić information content (AvgIpc) is 2.21. The van der Waals surface area contributed by atoms with E-state index >= 15 is 0 Å². The highest BCUT2D eigenvalue weighted by Gasteiger charge is 2.30. The van der Waals surface area contributed by atoms with E-state index in [1.54, 1.807) is 0 Å². The van der Waals surface area contributed by atoms with Gasteiger partial charge in [-0.05, 0) is 36.5 Å². The molecule has 0 spiro atoms. The van der Waals surface area contributed by atoms with Crippen molar-refractivity contribution < 1.29 is 0 Å². The molecular weight excluding hydrogens is 156 g/mol. The van der Waals surface area contributed by atoms with Crippen molar-refractivity contribution in [1.29, 1.82) is 0 Å². The predicted octanol–water partition coefficient (Wildman–Crippen LogP) is 4.17. The van der Waals surface area contributed by atoms with Gasteiger partial charge < -0.3 is 0 Å². The fourth-order valence-corrected chi connectivity index (χ4v) is 3.17. The van der Waals surface area contributed by atoms with Gasteiger partial charge in [-0.1, -0.05) is 45.3 Å². The molecule has 2 unspecified atom stereocenters. The maximum absolute atomic E-state index is 2.45. The van der Waals surface area contributed by atoms with E-state index < -0.39 is 0 Å². The Bertz CT molecular complexity index is 200. The third-order valence-corrected chi connectivity index (χ3v) is 3.86. The van der Waals surface area contributed by atoms with Crippen LogP contribution in [0.25, 0.3) is 0 Å². The summed E-state index contributed by atoms with van der Waals surface area (Å²) in [7, 11) is 0. The molecule has 1 fully saturated rings. The molecule has 13 heavy (non-hydrogen) atoms. The molecule has 0 aromatic heterocycles. The minimum absolute atomic E-state index is 0.469. The molecule has 2 rings (SSSR count). The minimum Gasteiger partial charge on any atom is -0.0877 e. The summed E-state index contributed by atoms with van der Waals surface area (Å²) in [6.45, 7) is 4.78. The molecule has 0 radical (unpaired) electrons. The van der Waals surface area contributed by atoms with Gasteiger partial charge in [0.2, 0.25) is 0 Å². The number of rotatable bonds is 0. The van der Waals surface area contributed by atoms with Crippen LogP contribution in [0.1, 0.15) is 52.4 Å². The second-order valence-electron chi connectivity index (χ2n) is 5.64. The Morgan fingerprint density at radius 1 is 1.08 bits per heavy atom. The van der Waals surface area contributed by atoms with Crippen molar-refractivity contribution in [3.63, 3.8) is 0 Å². The minimum atomic E-state index is 0.469. The van der Waals surface area contributed by atoms with Crippen molar-refractivity contribution in [3.8, 4) is 0 Å². The summed E-state index contributed by atoms with van der Waals surface area (Å²) in [4.78, 5) is 0. The Labute approximate surface area is 82.4 Å². The molecule has 0 aliphatic heterocycles. The van der Waals surface area contributed by atoms with Crippen LogP contribution >= 0.6 is 0 Å². The van der Waals surface area contributed by atoms with Crippen molar-refractivity contribution in [2.24, 2.45) is 17.3 Å². The zero-order valence-electron chi connectivity index (χ0n) is 9.05. The number of allylic oxidation sites excluding steroid dienone is 2. The molecular formula is C13H22. The molecule has 0 heteroatoms. The van der Waals surface area contributed by atoms with Gasteiger partial charge in [0, 0.05) is 0 Å². The summed E-state index contributed by atoms with van der Waals surface area (Å²) in [6.07, 6.45) is 13.6. The summed E-state index contributed by atoms with van der Waals surface area (Å²) in [5, 5.41) is 0. The van der Waals surface area contributed by atoms with Gasteiger partial charge >= 0.3 is 0 Å². The van der Waals surface area contributed by atoms with Crippen molar-refractivity contribution in [2.75, 3.05) is 0 Å². The highest BCUT2D eigenvalue weighted by atomic mass is 14.4. The second-order valence-corrected chi connectivity index (χ2v) is 5.64. The molecule has 2 atom stereocenters. The third kappa shape index (κ3) is 2.15. The maximum atomic E-state index is 2.45. The molecule has 0 bridgehead atoms. The van der Waals surface area contributed by atoms with E-state index in [-0.39, 0.29) is 0 Å². The van der Waals surface area contributed by atoms with Crippen molar-refractivity contribution in [1.82, 2.24) is 0 Å². The molecule has 0 heterocycles.